The van der Waals surface area contributed by atoms with Crippen LogP contribution in [-0.2, 0) is 10.0 Å². The number of carbonyl (C=O) groups is 1. The van der Waals surface area contributed by atoms with Crippen LogP contribution in [0.5, 0.6) is 0 Å². The van der Waals surface area contributed by atoms with E-state index in [1.165, 1.54) is 0 Å². The summed E-state index contributed by atoms with van der Waals surface area (Å²) in [5, 5.41) is 4.69. The topological polar surface area (TPSA) is 78.5 Å². The Morgan fingerprint density at radius 3 is 2.48 bits per heavy atom. The van der Waals surface area contributed by atoms with Crippen LogP contribution in [-0.4, -0.2) is 46.4 Å². The standard InChI is InChI=1S/C15H19N3O3S2/c1-16-9-10-18(2)15(19)12-5-7-13(8-6-12)17-23(20,21)14-4-3-11-22-14/h3-8,11,16-17H,9-10H2,1-2H3. The monoisotopic (exact) mass is 353 g/mol. The van der Waals surface area contributed by atoms with Crippen molar-refractivity contribution in [2.75, 3.05) is 31.9 Å². The Hall–Kier alpha value is -1.90. The number of hydrogen-bond donors (Lipinski definition) is 2. The van der Waals surface area contributed by atoms with E-state index in [4.69, 9.17) is 0 Å². The zero-order valence-corrected chi connectivity index (χ0v) is 14.6. The third-order valence-electron chi connectivity index (χ3n) is 3.19. The molecule has 2 N–H and O–H groups in total. The lowest BCUT2D eigenvalue weighted by molar-refractivity contribution is 0.0797. The highest BCUT2D eigenvalue weighted by Gasteiger charge is 2.16. The first-order valence-electron chi connectivity index (χ1n) is 7.00. The molecule has 0 atom stereocenters. The molecular weight excluding hydrogens is 334 g/mol. The molecule has 0 bridgehead atoms. The van der Waals surface area contributed by atoms with Gasteiger partial charge in [0.15, 0.2) is 0 Å². The molecule has 1 amide bonds. The molecule has 0 unspecified atom stereocenters. The molecule has 0 aliphatic rings. The minimum absolute atomic E-state index is 0.104. The SMILES string of the molecule is CNCCN(C)C(=O)c1ccc(NS(=O)(=O)c2cccs2)cc1. The summed E-state index contributed by atoms with van der Waals surface area (Å²) in [6.45, 7) is 1.31. The van der Waals surface area contributed by atoms with Gasteiger partial charge in [0.1, 0.15) is 4.21 Å². The van der Waals surface area contributed by atoms with Gasteiger partial charge in [-0.05, 0) is 42.8 Å². The van der Waals surface area contributed by atoms with Gasteiger partial charge in [0.05, 0.1) is 0 Å². The Morgan fingerprint density at radius 1 is 1.22 bits per heavy atom. The van der Waals surface area contributed by atoms with Crippen molar-refractivity contribution < 1.29 is 13.2 Å². The smallest absolute Gasteiger partial charge is 0.271 e. The van der Waals surface area contributed by atoms with Crippen molar-refractivity contribution in [1.82, 2.24) is 10.2 Å². The first-order valence-corrected chi connectivity index (χ1v) is 9.37. The molecule has 124 valence electrons. The fourth-order valence-corrected chi connectivity index (χ4v) is 3.96. The maximum absolute atomic E-state index is 12.2. The van der Waals surface area contributed by atoms with E-state index < -0.39 is 10.0 Å². The molecule has 0 saturated heterocycles. The number of anilines is 1. The molecule has 8 heteroatoms. The molecular formula is C15H19N3O3S2. The van der Waals surface area contributed by atoms with Crippen molar-refractivity contribution in [3.05, 3.63) is 47.3 Å². The Balaban J connectivity index is 2.06. The first-order chi connectivity index (χ1) is 10.9. The lowest BCUT2D eigenvalue weighted by atomic mass is 10.2. The number of likely N-dealkylation sites (N-methyl/N-ethyl adjacent to an activating group) is 2. The molecule has 0 aliphatic heterocycles. The van der Waals surface area contributed by atoms with Crippen LogP contribution in [0, 0.1) is 0 Å². The molecule has 0 fully saturated rings. The average Bonchev–Trinajstić information content (AvgIpc) is 3.07. The summed E-state index contributed by atoms with van der Waals surface area (Å²) in [5.41, 5.74) is 0.940. The summed E-state index contributed by atoms with van der Waals surface area (Å²) in [4.78, 5) is 13.8. The molecule has 0 aliphatic carbocycles. The zero-order valence-electron chi connectivity index (χ0n) is 12.9. The van der Waals surface area contributed by atoms with Crippen LogP contribution < -0.4 is 10.0 Å². The number of thiophene rings is 1. The van der Waals surface area contributed by atoms with E-state index in [-0.39, 0.29) is 10.1 Å². The number of rotatable bonds is 7. The molecule has 1 aromatic heterocycles. The summed E-state index contributed by atoms with van der Waals surface area (Å²) < 4.78 is 27.0. The molecule has 1 aromatic carbocycles. The highest BCUT2D eigenvalue weighted by molar-refractivity contribution is 7.94. The molecule has 0 radical (unpaired) electrons. The Morgan fingerprint density at radius 2 is 1.91 bits per heavy atom. The van der Waals surface area contributed by atoms with Gasteiger partial charge in [0.2, 0.25) is 0 Å². The van der Waals surface area contributed by atoms with Gasteiger partial charge < -0.3 is 10.2 Å². The van der Waals surface area contributed by atoms with Crippen molar-refractivity contribution in [2.24, 2.45) is 0 Å². The Bertz CT molecular complexity index is 741. The van der Waals surface area contributed by atoms with E-state index in [1.807, 2.05) is 7.05 Å². The van der Waals surface area contributed by atoms with Gasteiger partial charge in [0, 0.05) is 31.4 Å². The summed E-state index contributed by atoms with van der Waals surface area (Å²) in [6.07, 6.45) is 0. The average molecular weight is 353 g/mol. The number of nitrogens with zero attached hydrogens (tertiary/aromatic N) is 1. The molecule has 6 nitrogen and oxygen atoms in total. The number of amides is 1. The van der Waals surface area contributed by atoms with Crippen LogP contribution in [0.3, 0.4) is 0 Å². The summed E-state index contributed by atoms with van der Waals surface area (Å²) >= 11 is 1.15. The fraction of sp³-hybridized carbons (Fsp3) is 0.267. The van der Waals surface area contributed by atoms with E-state index in [1.54, 1.807) is 53.7 Å². The van der Waals surface area contributed by atoms with Gasteiger partial charge in [0.25, 0.3) is 15.9 Å². The van der Waals surface area contributed by atoms with E-state index in [0.29, 0.717) is 24.3 Å². The number of benzene rings is 1. The number of sulfonamides is 1. The molecule has 23 heavy (non-hydrogen) atoms. The van der Waals surface area contributed by atoms with Crippen molar-refractivity contribution in [1.29, 1.82) is 0 Å². The molecule has 0 spiro atoms. The largest absolute Gasteiger partial charge is 0.340 e. The van der Waals surface area contributed by atoms with Gasteiger partial charge in [-0.25, -0.2) is 8.42 Å². The van der Waals surface area contributed by atoms with Crippen LogP contribution >= 0.6 is 11.3 Å². The maximum Gasteiger partial charge on any atom is 0.271 e. The number of nitrogens with one attached hydrogen (secondary N) is 2. The lowest BCUT2D eigenvalue weighted by Gasteiger charge is -2.17. The fourth-order valence-electron chi connectivity index (χ4n) is 1.90. The van der Waals surface area contributed by atoms with Crippen molar-refractivity contribution in [2.45, 2.75) is 4.21 Å². The highest BCUT2D eigenvalue weighted by Crippen LogP contribution is 2.20. The van der Waals surface area contributed by atoms with E-state index in [0.717, 1.165) is 11.3 Å². The third kappa shape index (κ3) is 4.54. The lowest BCUT2D eigenvalue weighted by Crippen LogP contribution is -2.32. The second-order valence-electron chi connectivity index (χ2n) is 4.95. The first kappa shape index (κ1) is 17.5. The molecule has 2 rings (SSSR count). The Kier molecular flexibility index (Phi) is 5.75. The molecule has 2 aromatic rings. The molecule has 0 saturated carbocycles. The van der Waals surface area contributed by atoms with Gasteiger partial charge in [-0.15, -0.1) is 11.3 Å². The minimum atomic E-state index is -3.57. The summed E-state index contributed by atoms with van der Waals surface area (Å²) in [7, 11) is -0.0111. The predicted molar refractivity (Wildman–Crippen MR) is 92.5 cm³/mol. The van der Waals surface area contributed by atoms with Crippen LogP contribution in [0.15, 0.2) is 46.0 Å². The zero-order chi connectivity index (χ0) is 16.9. The van der Waals surface area contributed by atoms with Crippen LogP contribution in [0.1, 0.15) is 10.4 Å². The van der Waals surface area contributed by atoms with Gasteiger partial charge in [-0.2, -0.15) is 0 Å². The van der Waals surface area contributed by atoms with E-state index in [9.17, 15) is 13.2 Å². The number of hydrogen-bond acceptors (Lipinski definition) is 5. The van der Waals surface area contributed by atoms with Gasteiger partial charge in [-0.3, -0.25) is 9.52 Å². The van der Waals surface area contributed by atoms with Crippen LogP contribution in [0.2, 0.25) is 0 Å². The predicted octanol–water partition coefficient (Wildman–Crippen LogP) is 1.84. The van der Waals surface area contributed by atoms with Crippen molar-refractivity contribution in [3.63, 3.8) is 0 Å². The van der Waals surface area contributed by atoms with Crippen LogP contribution in [0.25, 0.3) is 0 Å². The van der Waals surface area contributed by atoms with Crippen molar-refractivity contribution in [3.8, 4) is 0 Å². The maximum atomic E-state index is 12.2. The Labute approximate surface area is 140 Å². The minimum Gasteiger partial charge on any atom is -0.340 e. The second-order valence-corrected chi connectivity index (χ2v) is 7.80. The van der Waals surface area contributed by atoms with Gasteiger partial charge in [-0.1, -0.05) is 6.07 Å². The quantitative estimate of drug-likeness (QED) is 0.796. The summed E-state index contributed by atoms with van der Waals surface area (Å²) in [6, 6.07) is 9.63. The van der Waals surface area contributed by atoms with Crippen LogP contribution in [0.4, 0.5) is 5.69 Å². The van der Waals surface area contributed by atoms with Crippen molar-refractivity contribution >= 4 is 33.0 Å². The summed E-state index contributed by atoms with van der Waals surface area (Å²) in [5.74, 6) is -0.104. The second kappa shape index (κ2) is 7.58. The third-order valence-corrected chi connectivity index (χ3v) is 5.97. The number of carbonyl (C=O) groups excluding carboxylic acids is 1. The normalized spacial score (nSPS) is 11.2. The van der Waals surface area contributed by atoms with E-state index >= 15 is 0 Å². The molecule has 1 heterocycles. The van der Waals surface area contributed by atoms with E-state index in [2.05, 4.69) is 10.0 Å². The van der Waals surface area contributed by atoms with Gasteiger partial charge >= 0.3 is 0 Å². The highest BCUT2D eigenvalue weighted by atomic mass is 32.2.